The lowest BCUT2D eigenvalue weighted by molar-refractivity contribution is -0.137. The lowest BCUT2D eigenvalue weighted by Gasteiger charge is -2.32. The molecule has 38 heavy (non-hydrogen) atoms. The number of aliphatic carboxylic acids is 1. The number of carbonyl (C=O) groups is 2. The molecule has 3 aromatic rings. The van der Waals surface area contributed by atoms with Gasteiger partial charge < -0.3 is 15.3 Å². The summed E-state index contributed by atoms with van der Waals surface area (Å²) in [7, 11) is 2.14. The Balaban J connectivity index is 1.44. The summed E-state index contributed by atoms with van der Waals surface area (Å²) in [4.78, 5) is 33.8. The van der Waals surface area contributed by atoms with Crippen LogP contribution in [0.2, 0.25) is 0 Å². The van der Waals surface area contributed by atoms with Crippen molar-refractivity contribution in [3.63, 3.8) is 0 Å². The van der Waals surface area contributed by atoms with Gasteiger partial charge in [-0.3, -0.25) is 19.5 Å². The SMILES string of the molecule is CN1CCN(Cc2ccc(N=C(c3ccc(CCC(=O)O)cc3)C3C(=O)Nc4cc(F)ccc43)cc2)CC1. The predicted octanol–water partition coefficient (Wildman–Crippen LogP) is 4.45. The van der Waals surface area contributed by atoms with Gasteiger partial charge in [0, 0.05) is 44.8 Å². The number of aryl methyl sites for hydroxylation is 1. The zero-order valence-electron chi connectivity index (χ0n) is 21.4. The Kier molecular flexibility index (Phi) is 7.62. The van der Waals surface area contributed by atoms with E-state index in [0.29, 0.717) is 23.4 Å². The molecule has 5 rings (SSSR count). The van der Waals surface area contributed by atoms with Crippen LogP contribution in [0.5, 0.6) is 0 Å². The molecule has 8 heteroatoms. The van der Waals surface area contributed by atoms with Crippen LogP contribution in [0, 0.1) is 5.82 Å². The number of aliphatic imine (C=N–C) groups is 1. The fraction of sp³-hybridized carbons (Fsp3) is 0.300. The number of halogens is 1. The summed E-state index contributed by atoms with van der Waals surface area (Å²) in [5.74, 6) is -2.22. The van der Waals surface area contributed by atoms with Crippen LogP contribution in [0.1, 0.15) is 34.6 Å². The van der Waals surface area contributed by atoms with E-state index < -0.39 is 17.7 Å². The maximum atomic E-state index is 13.9. The van der Waals surface area contributed by atoms with E-state index in [9.17, 15) is 14.0 Å². The van der Waals surface area contributed by atoms with E-state index in [1.54, 1.807) is 6.07 Å². The van der Waals surface area contributed by atoms with E-state index in [4.69, 9.17) is 10.1 Å². The minimum atomic E-state index is -0.848. The fourth-order valence-corrected chi connectivity index (χ4v) is 4.97. The van der Waals surface area contributed by atoms with Gasteiger partial charge in [-0.15, -0.1) is 0 Å². The van der Waals surface area contributed by atoms with E-state index in [0.717, 1.165) is 49.5 Å². The molecule has 2 N–H and O–H groups in total. The number of hydrogen-bond donors (Lipinski definition) is 2. The second-order valence-electron chi connectivity index (χ2n) is 9.99. The lowest BCUT2D eigenvalue weighted by Crippen LogP contribution is -2.43. The number of carboxylic acid groups (broad SMARTS) is 1. The second kappa shape index (κ2) is 11.2. The summed E-state index contributed by atoms with van der Waals surface area (Å²) in [6.07, 6.45) is 0.466. The van der Waals surface area contributed by atoms with Gasteiger partial charge in [0.1, 0.15) is 11.7 Å². The van der Waals surface area contributed by atoms with E-state index in [1.165, 1.54) is 17.7 Å². The van der Waals surface area contributed by atoms with Crippen LogP contribution in [0.4, 0.5) is 15.8 Å². The third-order valence-electron chi connectivity index (χ3n) is 7.19. The van der Waals surface area contributed by atoms with Gasteiger partial charge in [0.15, 0.2) is 0 Å². The molecule has 0 bridgehead atoms. The molecule has 3 aromatic carbocycles. The van der Waals surface area contributed by atoms with Gasteiger partial charge in [0.05, 0.1) is 11.4 Å². The smallest absolute Gasteiger partial charge is 0.303 e. The molecule has 2 aliphatic heterocycles. The average Bonchev–Trinajstić information content (AvgIpc) is 3.23. The van der Waals surface area contributed by atoms with Crippen LogP contribution in [-0.4, -0.2) is 65.7 Å². The zero-order chi connectivity index (χ0) is 26.6. The van der Waals surface area contributed by atoms with Crippen molar-refractivity contribution in [2.24, 2.45) is 4.99 Å². The first-order valence-corrected chi connectivity index (χ1v) is 12.9. The van der Waals surface area contributed by atoms with Crippen molar-refractivity contribution in [3.05, 3.63) is 94.8 Å². The minimum absolute atomic E-state index is 0.0464. The number of benzene rings is 3. The van der Waals surface area contributed by atoms with Crippen molar-refractivity contribution in [1.82, 2.24) is 9.80 Å². The highest BCUT2D eigenvalue weighted by Crippen LogP contribution is 2.36. The molecule has 0 aromatic heterocycles. The number of nitrogens with one attached hydrogen (secondary N) is 1. The molecule has 1 saturated heterocycles. The van der Waals surface area contributed by atoms with Gasteiger partial charge in [-0.1, -0.05) is 42.5 Å². The number of rotatable bonds is 8. The van der Waals surface area contributed by atoms with Crippen molar-refractivity contribution in [3.8, 4) is 0 Å². The molecule has 1 unspecified atom stereocenters. The van der Waals surface area contributed by atoms with Crippen LogP contribution in [0.3, 0.4) is 0 Å². The first-order chi connectivity index (χ1) is 18.4. The van der Waals surface area contributed by atoms with Crippen LogP contribution >= 0.6 is 0 Å². The van der Waals surface area contributed by atoms with Crippen LogP contribution in [0.15, 0.2) is 71.7 Å². The average molecular weight is 515 g/mol. The first kappa shape index (κ1) is 25.8. The first-order valence-electron chi connectivity index (χ1n) is 12.9. The number of carbonyl (C=O) groups excluding carboxylic acids is 1. The van der Waals surface area contributed by atoms with Gasteiger partial charge in [0.25, 0.3) is 0 Å². The second-order valence-corrected chi connectivity index (χ2v) is 9.99. The van der Waals surface area contributed by atoms with E-state index in [2.05, 4.69) is 34.3 Å². The Morgan fingerprint density at radius 1 is 1.00 bits per heavy atom. The quantitative estimate of drug-likeness (QED) is 0.434. The Bertz CT molecular complexity index is 1350. The van der Waals surface area contributed by atoms with Gasteiger partial charge in [0.2, 0.25) is 5.91 Å². The molecule has 0 spiro atoms. The van der Waals surface area contributed by atoms with Crippen LogP contribution in [0.25, 0.3) is 0 Å². The molecule has 2 heterocycles. The maximum absolute atomic E-state index is 13.9. The minimum Gasteiger partial charge on any atom is -0.481 e. The molecule has 1 amide bonds. The molecule has 196 valence electrons. The standard InChI is InChI=1S/C30H31FN4O3/c1-34-14-16-35(17-15-34)19-21-4-10-24(11-5-21)32-29(22-7-2-20(3-8-22)6-13-27(36)37)28-25-12-9-23(31)18-26(25)33-30(28)38/h2-5,7-12,18,28H,6,13-17,19H2,1H3,(H,33,38)(H,36,37). The van der Waals surface area contributed by atoms with E-state index in [1.807, 2.05) is 36.4 Å². The molecule has 7 nitrogen and oxygen atoms in total. The molecule has 1 atom stereocenters. The van der Waals surface area contributed by atoms with Gasteiger partial charge in [-0.05, 0) is 60.0 Å². The van der Waals surface area contributed by atoms with Crippen molar-refractivity contribution in [2.45, 2.75) is 25.3 Å². The van der Waals surface area contributed by atoms with Gasteiger partial charge in [-0.25, -0.2) is 4.39 Å². The summed E-state index contributed by atoms with van der Waals surface area (Å²) >= 11 is 0. The number of carboxylic acids is 1. The van der Waals surface area contributed by atoms with Crippen molar-refractivity contribution in [1.29, 1.82) is 0 Å². The monoisotopic (exact) mass is 514 g/mol. The lowest BCUT2D eigenvalue weighted by atomic mass is 9.90. The summed E-state index contributed by atoms with van der Waals surface area (Å²) in [6, 6.07) is 19.8. The summed E-state index contributed by atoms with van der Waals surface area (Å²) in [6.45, 7) is 5.09. The fourth-order valence-electron chi connectivity index (χ4n) is 4.97. The zero-order valence-corrected chi connectivity index (χ0v) is 21.4. The predicted molar refractivity (Wildman–Crippen MR) is 146 cm³/mol. The number of nitrogens with zero attached hydrogens (tertiary/aromatic N) is 3. The Hall–Kier alpha value is -3.88. The normalized spacial score (nSPS) is 18.3. The number of anilines is 1. The summed E-state index contributed by atoms with van der Waals surface area (Å²) in [5.41, 5.74) is 5.26. The molecular weight excluding hydrogens is 483 g/mol. The largest absolute Gasteiger partial charge is 0.481 e. The third-order valence-corrected chi connectivity index (χ3v) is 7.19. The number of likely N-dealkylation sites (N-methyl/N-ethyl adjacent to an activating group) is 1. The Labute approximate surface area is 221 Å². The molecule has 2 aliphatic rings. The van der Waals surface area contributed by atoms with E-state index in [-0.39, 0.29) is 12.3 Å². The van der Waals surface area contributed by atoms with Gasteiger partial charge in [-0.2, -0.15) is 0 Å². The highest BCUT2D eigenvalue weighted by atomic mass is 19.1. The van der Waals surface area contributed by atoms with Crippen LogP contribution < -0.4 is 5.32 Å². The topological polar surface area (TPSA) is 85.2 Å². The highest BCUT2D eigenvalue weighted by molar-refractivity contribution is 6.24. The Morgan fingerprint density at radius 2 is 1.68 bits per heavy atom. The molecule has 1 fully saturated rings. The molecule has 0 saturated carbocycles. The van der Waals surface area contributed by atoms with Crippen molar-refractivity contribution >= 4 is 29.0 Å². The van der Waals surface area contributed by atoms with Crippen molar-refractivity contribution in [2.75, 3.05) is 38.5 Å². The number of piperazine rings is 1. The molecule has 0 radical (unpaired) electrons. The number of amides is 1. The van der Waals surface area contributed by atoms with Gasteiger partial charge >= 0.3 is 5.97 Å². The summed E-state index contributed by atoms with van der Waals surface area (Å²) < 4.78 is 13.9. The number of hydrogen-bond acceptors (Lipinski definition) is 5. The maximum Gasteiger partial charge on any atom is 0.303 e. The third kappa shape index (κ3) is 5.98. The van der Waals surface area contributed by atoms with E-state index >= 15 is 0 Å². The Morgan fingerprint density at radius 3 is 2.37 bits per heavy atom. The summed E-state index contributed by atoms with van der Waals surface area (Å²) in [5, 5.41) is 11.8. The highest BCUT2D eigenvalue weighted by Gasteiger charge is 2.35. The molecular formula is C30H31FN4O3. The molecule has 0 aliphatic carbocycles. The van der Waals surface area contributed by atoms with Crippen LogP contribution in [-0.2, 0) is 22.6 Å². The number of fused-ring (bicyclic) bond motifs is 1. The van der Waals surface area contributed by atoms with Crippen molar-refractivity contribution < 1.29 is 19.1 Å².